The standard InChI is InChI=1S/C26H30N2O2/c1-4-24(26(30)27-3)28(18-22-12-6-5-10-19(22)2)25(29)17-16-21-14-9-13-20-11-7-8-15-23(20)21/h5-15,24H,4,16-18H2,1-3H3,(H,27,30)/t24-/m1/s1. The number of likely N-dealkylation sites (N-methyl/N-ethyl adjacent to an activating group) is 1. The Morgan fingerprint density at radius 1 is 0.933 bits per heavy atom. The Kier molecular flexibility index (Phi) is 7.23. The van der Waals surface area contributed by atoms with E-state index in [9.17, 15) is 9.59 Å². The molecule has 3 aromatic carbocycles. The second-order valence-corrected chi connectivity index (χ2v) is 7.62. The summed E-state index contributed by atoms with van der Waals surface area (Å²) in [7, 11) is 1.62. The molecule has 0 aliphatic rings. The molecule has 0 spiro atoms. The molecule has 0 aromatic heterocycles. The molecule has 4 heteroatoms. The maximum Gasteiger partial charge on any atom is 0.242 e. The average Bonchev–Trinajstić information content (AvgIpc) is 2.78. The van der Waals surface area contributed by atoms with Crippen molar-refractivity contribution in [3.05, 3.63) is 83.4 Å². The third-order valence-electron chi connectivity index (χ3n) is 5.72. The minimum atomic E-state index is -0.477. The summed E-state index contributed by atoms with van der Waals surface area (Å²) >= 11 is 0. The van der Waals surface area contributed by atoms with Gasteiger partial charge < -0.3 is 10.2 Å². The molecule has 0 heterocycles. The Hall–Kier alpha value is -3.14. The first-order chi connectivity index (χ1) is 14.5. The van der Waals surface area contributed by atoms with Gasteiger partial charge in [0.25, 0.3) is 0 Å². The highest BCUT2D eigenvalue weighted by Gasteiger charge is 2.28. The van der Waals surface area contributed by atoms with Gasteiger partial charge in [-0.3, -0.25) is 9.59 Å². The van der Waals surface area contributed by atoms with Crippen LogP contribution in [0.2, 0.25) is 0 Å². The number of amides is 2. The number of hydrogen-bond donors (Lipinski definition) is 1. The molecule has 2 amide bonds. The molecule has 0 radical (unpaired) electrons. The fraction of sp³-hybridized carbons (Fsp3) is 0.308. The SMILES string of the molecule is CC[C@H](C(=O)NC)N(Cc1ccccc1C)C(=O)CCc1cccc2ccccc12. The molecule has 0 saturated carbocycles. The second-order valence-electron chi connectivity index (χ2n) is 7.62. The molecule has 0 fully saturated rings. The Morgan fingerprint density at radius 2 is 1.60 bits per heavy atom. The van der Waals surface area contributed by atoms with Gasteiger partial charge in [-0.25, -0.2) is 0 Å². The first-order valence-corrected chi connectivity index (χ1v) is 10.6. The third kappa shape index (κ3) is 4.88. The molecular formula is C26H30N2O2. The number of nitrogens with zero attached hydrogens (tertiary/aromatic N) is 1. The zero-order chi connectivity index (χ0) is 21.5. The van der Waals surface area contributed by atoms with Gasteiger partial charge in [0.2, 0.25) is 11.8 Å². The number of carbonyl (C=O) groups excluding carboxylic acids is 2. The largest absolute Gasteiger partial charge is 0.357 e. The van der Waals surface area contributed by atoms with Crippen molar-refractivity contribution in [1.29, 1.82) is 0 Å². The van der Waals surface area contributed by atoms with Crippen LogP contribution in [0.3, 0.4) is 0 Å². The average molecular weight is 403 g/mol. The topological polar surface area (TPSA) is 49.4 Å². The molecule has 4 nitrogen and oxygen atoms in total. The fourth-order valence-corrected chi connectivity index (χ4v) is 3.95. The van der Waals surface area contributed by atoms with E-state index >= 15 is 0 Å². The van der Waals surface area contributed by atoms with Gasteiger partial charge in [0, 0.05) is 20.0 Å². The zero-order valence-corrected chi connectivity index (χ0v) is 18.0. The van der Waals surface area contributed by atoms with Crippen LogP contribution in [0.15, 0.2) is 66.7 Å². The molecule has 0 aliphatic carbocycles. The van der Waals surface area contributed by atoms with Crippen LogP contribution in [0, 0.1) is 6.92 Å². The molecule has 30 heavy (non-hydrogen) atoms. The number of carbonyl (C=O) groups is 2. The number of hydrogen-bond acceptors (Lipinski definition) is 2. The first-order valence-electron chi connectivity index (χ1n) is 10.6. The summed E-state index contributed by atoms with van der Waals surface area (Å²) in [6, 6.07) is 22.0. The van der Waals surface area contributed by atoms with Gasteiger partial charge in [-0.1, -0.05) is 73.7 Å². The summed E-state index contributed by atoms with van der Waals surface area (Å²) in [4.78, 5) is 27.6. The monoisotopic (exact) mass is 402 g/mol. The fourth-order valence-electron chi connectivity index (χ4n) is 3.95. The highest BCUT2D eigenvalue weighted by molar-refractivity contribution is 5.89. The normalized spacial score (nSPS) is 11.8. The van der Waals surface area contributed by atoms with Gasteiger partial charge in [-0.2, -0.15) is 0 Å². The summed E-state index contributed by atoms with van der Waals surface area (Å²) in [5.41, 5.74) is 3.35. The van der Waals surface area contributed by atoms with Crippen LogP contribution >= 0.6 is 0 Å². The smallest absolute Gasteiger partial charge is 0.242 e. The summed E-state index contributed by atoms with van der Waals surface area (Å²) in [5.74, 6) is -0.119. The molecule has 1 atom stereocenters. The van der Waals surface area contributed by atoms with Gasteiger partial charge in [-0.05, 0) is 47.2 Å². The molecule has 1 N–H and O–H groups in total. The number of rotatable bonds is 8. The van der Waals surface area contributed by atoms with Crippen LogP contribution in [0.1, 0.15) is 36.5 Å². The Labute approximate surface area is 178 Å². The number of aryl methyl sites for hydroxylation is 2. The van der Waals surface area contributed by atoms with Crippen molar-refractivity contribution in [1.82, 2.24) is 10.2 Å². The molecule has 3 aromatic rings. The highest BCUT2D eigenvalue weighted by Crippen LogP contribution is 2.21. The van der Waals surface area contributed by atoms with Crippen LogP contribution in [-0.2, 0) is 22.6 Å². The van der Waals surface area contributed by atoms with Crippen LogP contribution < -0.4 is 5.32 Å². The van der Waals surface area contributed by atoms with Crippen LogP contribution in [0.4, 0.5) is 0 Å². The molecule has 0 saturated heterocycles. The van der Waals surface area contributed by atoms with E-state index in [2.05, 4.69) is 29.6 Å². The van der Waals surface area contributed by atoms with Gasteiger partial charge >= 0.3 is 0 Å². The van der Waals surface area contributed by atoms with Crippen molar-refractivity contribution in [2.75, 3.05) is 7.05 Å². The molecule has 0 unspecified atom stereocenters. The minimum Gasteiger partial charge on any atom is -0.357 e. The van der Waals surface area contributed by atoms with Crippen LogP contribution in [0.5, 0.6) is 0 Å². The third-order valence-corrected chi connectivity index (χ3v) is 5.72. The van der Waals surface area contributed by atoms with Crippen LogP contribution in [-0.4, -0.2) is 29.8 Å². The molecule has 0 aliphatic heterocycles. The van der Waals surface area contributed by atoms with E-state index in [4.69, 9.17) is 0 Å². The van der Waals surface area contributed by atoms with E-state index < -0.39 is 6.04 Å². The van der Waals surface area contributed by atoms with Crippen molar-refractivity contribution in [3.8, 4) is 0 Å². The van der Waals surface area contributed by atoms with E-state index in [1.165, 1.54) is 10.8 Å². The Balaban J connectivity index is 1.83. The van der Waals surface area contributed by atoms with Crippen molar-refractivity contribution >= 4 is 22.6 Å². The lowest BCUT2D eigenvalue weighted by Crippen LogP contribution is -2.48. The Bertz CT molecular complexity index is 1020. The van der Waals surface area contributed by atoms with Gasteiger partial charge in [-0.15, -0.1) is 0 Å². The second kappa shape index (κ2) is 10.1. The highest BCUT2D eigenvalue weighted by atomic mass is 16.2. The van der Waals surface area contributed by atoms with E-state index in [0.717, 1.165) is 16.7 Å². The van der Waals surface area contributed by atoms with E-state index in [-0.39, 0.29) is 11.8 Å². The molecular weight excluding hydrogens is 372 g/mol. The predicted molar refractivity (Wildman–Crippen MR) is 122 cm³/mol. The van der Waals surface area contributed by atoms with E-state index in [1.54, 1.807) is 11.9 Å². The maximum atomic E-state index is 13.3. The number of benzene rings is 3. The summed E-state index contributed by atoms with van der Waals surface area (Å²) in [6.07, 6.45) is 1.59. The van der Waals surface area contributed by atoms with Crippen LogP contribution in [0.25, 0.3) is 10.8 Å². The summed E-state index contributed by atoms with van der Waals surface area (Å²) in [6.45, 7) is 4.42. The lowest BCUT2D eigenvalue weighted by molar-refractivity contribution is -0.141. The first kappa shape index (κ1) is 21.6. The summed E-state index contributed by atoms with van der Waals surface area (Å²) < 4.78 is 0. The van der Waals surface area contributed by atoms with Crippen molar-refractivity contribution in [3.63, 3.8) is 0 Å². The van der Waals surface area contributed by atoms with Crippen molar-refractivity contribution in [2.24, 2.45) is 0 Å². The van der Waals surface area contributed by atoms with E-state index in [0.29, 0.717) is 25.8 Å². The van der Waals surface area contributed by atoms with Crippen molar-refractivity contribution in [2.45, 2.75) is 45.7 Å². The maximum absolute atomic E-state index is 13.3. The number of fused-ring (bicyclic) bond motifs is 1. The Morgan fingerprint density at radius 3 is 2.33 bits per heavy atom. The summed E-state index contributed by atoms with van der Waals surface area (Å²) in [5, 5.41) is 5.07. The van der Waals surface area contributed by atoms with E-state index in [1.807, 2.05) is 56.3 Å². The lowest BCUT2D eigenvalue weighted by atomic mass is 10.00. The quantitative estimate of drug-likeness (QED) is 0.597. The lowest BCUT2D eigenvalue weighted by Gasteiger charge is -2.31. The molecule has 156 valence electrons. The minimum absolute atomic E-state index is 0.00152. The number of nitrogens with one attached hydrogen (secondary N) is 1. The van der Waals surface area contributed by atoms with Gasteiger partial charge in [0.1, 0.15) is 6.04 Å². The predicted octanol–water partition coefficient (Wildman–Crippen LogP) is 4.63. The van der Waals surface area contributed by atoms with Gasteiger partial charge in [0.05, 0.1) is 0 Å². The zero-order valence-electron chi connectivity index (χ0n) is 18.0. The molecule has 3 rings (SSSR count). The van der Waals surface area contributed by atoms with Gasteiger partial charge in [0.15, 0.2) is 0 Å². The van der Waals surface area contributed by atoms with Crippen molar-refractivity contribution < 1.29 is 9.59 Å². The molecule has 0 bridgehead atoms.